The van der Waals surface area contributed by atoms with Crippen LogP contribution in [0.25, 0.3) is 0 Å². The molecular weight excluding hydrogens is 266 g/mol. The van der Waals surface area contributed by atoms with Gasteiger partial charge in [0.05, 0.1) is 20.1 Å². The molecule has 1 aliphatic carbocycles. The summed E-state index contributed by atoms with van der Waals surface area (Å²) in [7, 11) is 1.61. The quantitative estimate of drug-likeness (QED) is 0.876. The zero-order valence-corrected chi connectivity index (χ0v) is 12.9. The van der Waals surface area contributed by atoms with Gasteiger partial charge < -0.3 is 14.8 Å². The monoisotopic (exact) mass is 291 g/mol. The normalized spacial score (nSPS) is 21.6. The largest absolute Gasteiger partial charge is 0.493 e. The molecule has 116 valence electrons. The molecule has 1 aromatic rings. The number of amides is 1. The minimum absolute atomic E-state index is 0.0728. The highest BCUT2D eigenvalue weighted by Gasteiger charge is 2.22. The first kappa shape index (κ1) is 15.7. The Morgan fingerprint density at radius 1 is 1.24 bits per heavy atom. The zero-order chi connectivity index (χ0) is 15.1. The lowest BCUT2D eigenvalue weighted by molar-refractivity contribution is -0.122. The van der Waals surface area contributed by atoms with Gasteiger partial charge in [0.2, 0.25) is 5.91 Å². The second kappa shape index (κ2) is 7.91. The van der Waals surface area contributed by atoms with E-state index in [-0.39, 0.29) is 5.91 Å². The Bertz CT molecular complexity index is 461. The second-order valence-corrected chi connectivity index (χ2v) is 5.69. The molecule has 0 saturated heterocycles. The van der Waals surface area contributed by atoms with Crippen molar-refractivity contribution in [2.24, 2.45) is 5.92 Å². The first-order valence-corrected chi connectivity index (χ1v) is 7.76. The van der Waals surface area contributed by atoms with E-state index in [1.54, 1.807) is 7.11 Å². The van der Waals surface area contributed by atoms with Gasteiger partial charge in [-0.1, -0.05) is 31.9 Å². The molecule has 2 atom stereocenters. The first-order chi connectivity index (χ1) is 10.2. The van der Waals surface area contributed by atoms with Crippen LogP contribution in [0.15, 0.2) is 24.3 Å². The molecule has 1 aromatic carbocycles. The molecule has 0 bridgehead atoms. The average molecular weight is 291 g/mol. The number of nitrogens with one attached hydrogen (secondary N) is 1. The van der Waals surface area contributed by atoms with Crippen LogP contribution in [-0.4, -0.2) is 25.7 Å². The third-order valence-electron chi connectivity index (χ3n) is 4.11. The van der Waals surface area contributed by atoms with Crippen molar-refractivity contribution >= 4 is 5.91 Å². The molecule has 0 aromatic heterocycles. The van der Waals surface area contributed by atoms with E-state index < -0.39 is 0 Å². The van der Waals surface area contributed by atoms with E-state index in [1.165, 1.54) is 19.3 Å². The van der Waals surface area contributed by atoms with E-state index in [2.05, 4.69) is 12.2 Å². The Kier molecular flexibility index (Phi) is 5.90. The molecule has 1 fully saturated rings. The summed E-state index contributed by atoms with van der Waals surface area (Å²) >= 11 is 0. The van der Waals surface area contributed by atoms with Crippen molar-refractivity contribution < 1.29 is 14.3 Å². The number of para-hydroxylation sites is 2. The lowest BCUT2D eigenvalue weighted by Gasteiger charge is -2.29. The van der Waals surface area contributed by atoms with Gasteiger partial charge in [0.25, 0.3) is 0 Å². The van der Waals surface area contributed by atoms with Gasteiger partial charge in [-0.2, -0.15) is 0 Å². The molecule has 1 N–H and O–H groups in total. The fraction of sp³-hybridized carbons (Fsp3) is 0.588. The summed E-state index contributed by atoms with van der Waals surface area (Å²) in [6, 6.07) is 7.81. The number of ether oxygens (including phenoxy) is 2. The van der Waals surface area contributed by atoms with Crippen molar-refractivity contribution in [1.29, 1.82) is 0 Å². The molecule has 1 aliphatic rings. The number of carbonyl (C=O) groups is 1. The lowest BCUT2D eigenvalue weighted by atomic mass is 9.86. The Labute approximate surface area is 126 Å². The standard InChI is InChI=1S/C17H25NO3/c1-13-7-3-4-8-14(13)18-17(19)11-12-21-16-10-6-5-9-15(16)20-2/h5-6,9-10,13-14H,3-4,7-8,11-12H2,1-2H3,(H,18,19)/t13-,14+/m1/s1. The van der Waals surface area contributed by atoms with Gasteiger partial charge in [0.15, 0.2) is 11.5 Å². The van der Waals surface area contributed by atoms with Crippen LogP contribution in [0.1, 0.15) is 39.0 Å². The third-order valence-corrected chi connectivity index (χ3v) is 4.11. The molecule has 0 heterocycles. The van der Waals surface area contributed by atoms with Crippen LogP contribution in [0.3, 0.4) is 0 Å². The molecule has 4 nitrogen and oxygen atoms in total. The van der Waals surface area contributed by atoms with E-state index in [4.69, 9.17) is 9.47 Å². The van der Waals surface area contributed by atoms with E-state index >= 15 is 0 Å². The third kappa shape index (κ3) is 4.66. The highest BCUT2D eigenvalue weighted by Crippen LogP contribution is 2.26. The molecule has 0 aliphatic heterocycles. The second-order valence-electron chi connectivity index (χ2n) is 5.69. The van der Waals surface area contributed by atoms with E-state index in [0.717, 1.165) is 6.42 Å². The summed E-state index contributed by atoms with van der Waals surface area (Å²) in [5.41, 5.74) is 0. The predicted octanol–water partition coefficient (Wildman–Crippen LogP) is 3.16. The topological polar surface area (TPSA) is 47.6 Å². The number of methoxy groups -OCH3 is 1. The van der Waals surface area contributed by atoms with Gasteiger partial charge in [-0.15, -0.1) is 0 Å². The Morgan fingerprint density at radius 2 is 1.95 bits per heavy atom. The molecule has 0 unspecified atom stereocenters. The van der Waals surface area contributed by atoms with Gasteiger partial charge in [-0.25, -0.2) is 0 Å². The maximum Gasteiger partial charge on any atom is 0.223 e. The van der Waals surface area contributed by atoms with Crippen molar-refractivity contribution in [3.05, 3.63) is 24.3 Å². The van der Waals surface area contributed by atoms with E-state index in [9.17, 15) is 4.79 Å². The first-order valence-electron chi connectivity index (χ1n) is 7.76. The molecular formula is C17H25NO3. The molecule has 0 spiro atoms. The summed E-state index contributed by atoms with van der Waals surface area (Å²) in [6.45, 7) is 2.59. The summed E-state index contributed by atoms with van der Waals surface area (Å²) in [4.78, 5) is 12.0. The number of benzene rings is 1. The summed E-state index contributed by atoms with van der Waals surface area (Å²) in [6.07, 6.45) is 5.18. The highest BCUT2D eigenvalue weighted by molar-refractivity contribution is 5.76. The summed E-state index contributed by atoms with van der Waals surface area (Å²) in [5, 5.41) is 3.13. The smallest absolute Gasteiger partial charge is 0.223 e. The molecule has 0 radical (unpaired) electrons. The van der Waals surface area contributed by atoms with Crippen LogP contribution in [0.5, 0.6) is 11.5 Å². The van der Waals surface area contributed by atoms with Gasteiger partial charge in [-0.05, 0) is 30.9 Å². The fourth-order valence-electron chi connectivity index (χ4n) is 2.80. The minimum Gasteiger partial charge on any atom is -0.493 e. The molecule has 4 heteroatoms. The molecule has 1 amide bonds. The van der Waals surface area contributed by atoms with Crippen molar-refractivity contribution in [2.45, 2.75) is 45.1 Å². The van der Waals surface area contributed by atoms with Crippen LogP contribution >= 0.6 is 0 Å². The fourth-order valence-corrected chi connectivity index (χ4v) is 2.80. The summed E-state index contributed by atoms with van der Waals surface area (Å²) < 4.78 is 10.8. The van der Waals surface area contributed by atoms with Crippen LogP contribution in [-0.2, 0) is 4.79 Å². The number of hydrogen-bond acceptors (Lipinski definition) is 3. The molecule has 2 rings (SSSR count). The maximum absolute atomic E-state index is 12.0. The minimum atomic E-state index is 0.0728. The lowest BCUT2D eigenvalue weighted by Crippen LogP contribution is -2.41. The van der Waals surface area contributed by atoms with Crippen molar-refractivity contribution in [3.8, 4) is 11.5 Å². The number of hydrogen-bond donors (Lipinski definition) is 1. The molecule has 1 saturated carbocycles. The summed E-state index contributed by atoms with van der Waals surface area (Å²) in [5.74, 6) is 2.03. The van der Waals surface area contributed by atoms with Crippen LogP contribution in [0.4, 0.5) is 0 Å². The maximum atomic E-state index is 12.0. The predicted molar refractivity (Wildman–Crippen MR) is 82.7 cm³/mol. The van der Waals surface area contributed by atoms with Gasteiger partial charge in [-0.3, -0.25) is 4.79 Å². The van der Waals surface area contributed by atoms with Crippen molar-refractivity contribution in [3.63, 3.8) is 0 Å². The highest BCUT2D eigenvalue weighted by atomic mass is 16.5. The van der Waals surface area contributed by atoms with Crippen LogP contribution in [0.2, 0.25) is 0 Å². The number of rotatable bonds is 6. The van der Waals surface area contributed by atoms with Gasteiger partial charge in [0.1, 0.15) is 0 Å². The van der Waals surface area contributed by atoms with Crippen LogP contribution < -0.4 is 14.8 Å². The SMILES string of the molecule is COc1ccccc1OCCC(=O)N[C@H]1CCCC[C@H]1C. The van der Waals surface area contributed by atoms with E-state index in [0.29, 0.717) is 36.5 Å². The van der Waals surface area contributed by atoms with Gasteiger partial charge >= 0.3 is 0 Å². The van der Waals surface area contributed by atoms with Crippen molar-refractivity contribution in [1.82, 2.24) is 5.32 Å². The Morgan fingerprint density at radius 3 is 2.67 bits per heavy atom. The molecule has 21 heavy (non-hydrogen) atoms. The Hall–Kier alpha value is -1.71. The van der Waals surface area contributed by atoms with Crippen LogP contribution in [0, 0.1) is 5.92 Å². The van der Waals surface area contributed by atoms with Gasteiger partial charge in [0, 0.05) is 6.04 Å². The number of carbonyl (C=O) groups excluding carboxylic acids is 1. The zero-order valence-electron chi connectivity index (χ0n) is 12.9. The van der Waals surface area contributed by atoms with Crippen molar-refractivity contribution in [2.75, 3.05) is 13.7 Å². The van der Waals surface area contributed by atoms with E-state index in [1.807, 2.05) is 24.3 Å². The average Bonchev–Trinajstić information content (AvgIpc) is 2.50. The Balaban J connectivity index is 1.74.